The van der Waals surface area contributed by atoms with Gasteiger partial charge < -0.3 is 10.2 Å². The number of nitrogens with one attached hydrogen (secondary N) is 1. The van der Waals surface area contributed by atoms with E-state index in [2.05, 4.69) is 5.32 Å². The van der Waals surface area contributed by atoms with Crippen molar-refractivity contribution < 1.29 is 18.0 Å². The van der Waals surface area contributed by atoms with E-state index < -0.39 is 15.9 Å². The van der Waals surface area contributed by atoms with E-state index >= 15 is 0 Å². The Morgan fingerprint density at radius 1 is 1.00 bits per heavy atom. The molecule has 0 radical (unpaired) electrons. The maximum atomic E-state index is 12.8. The van der Waals surface area contributed by atoms with E-state index in [1.54, 1.807) is 17.0 Å². The highest BCUT2D eigenvalue weighted by molar-refractivity contribution is 7.89. The Morgan fingerprint density at radius 2 is 1.68 bits per heavy atom. The van der Waals surface area contributed by atoms with Crippen molar-refractivity contribution in [3.8, 4) is 0 Å². The number of hydrogen-bond donors (Lipinski definition) is 1. The van der Waals surface area contributed by atoms with Crippen LogP contribution in [0.3, 0.4) is 0 Å². The summed E-state index contributed by atoms with van der Waals surface area (Å²) in [5.74, 6) is -0.847. The average molecular weight is 438 g/mol. The van der Waals surface area contributed by atoms with Gasteiger partial charge in [-0.15, -0.1) is 0 Å². The van der Waals surface area contributed by atoms with Crippen molar-refractivity contribution >= 4 is 44.0 Å². The number of carbonyl (C=O) groups excluding carboxylic acids is 2. The summed E-state index contributed by atoms with van der Waals surface area (Å²) in [4.78, 5) is 27.3. The molecule has 31 heavy (non-hydrogen) atoms. The zero-order valence-corrected chi connectivity index (χ0v) is 18.1. The van der Waals surface area contributed by atoms with Crippen LogP contribution in [0.5, 0.6) is 0 Å². The van der Waals surface area contributed by atoms with E-state index in [0.717, 1.165) is 20.8 Å². The van der Waals surface area contributed by atoms with E-state index in [9.17, 15) is 18.0 Å². The predicted octanol–water partition coefficient (Wildman–Crippen LogP) is 3.08. The van der Waals surface area contributed by atoms with Gasteiger partial charge in [-0.2, -0.15) is 0 Å². The van der Waals surface area contributed by atoms with Crippen molar-refractivity contribution in [2.24, 2.45) is 5.92 Å². The van der Waals surface area contributed by atoms with Crippen molar-refractivity contribution in [3.63, 3.8) is 0 Å². The van der Waals surface area contributed by atoms with Crippen molar-refractivity contribution in [3.05, 3.63) is 66.7 Å². The minimum Gasteiger partial charge on any atom is -0.326 e. The second kappa shape index (κ2) is 8.13. The molecule has 3 aromatic carbocycles. The van der Waals surface area contributed by atoms with E-state index in [4.69, 9.17) is 0 Å². The zero-order chi connectivity index (χ0) is 22.2. The lowest BCUT2D eigenvalue weighted by atomic mass is 10.1. The molecule has 1 heterocycles. The molecule has 160 valence electrons. The molecule has 1 unspecified atom stereocenters. The fourth-order valence-corrected chi connectivity index (χ4v) is 4.63. The molecule has 0 spiro atoms. The van der Waals surface area contributed by atoms with E-state index in [1.807, 2.05) is 42.5 Å². The Balaban J connectivity index is 1.49. The van der Waals surface area contributed by atoms with Gasteiger partial charge in [0.1, 0.15) is 0 Å². The van der Waals surface area contributed by atoms with Gasteiger partial charge in [0, 0.05) is 38.1 Å². The first-order chi connectivity index (χ1) is 14.8. The van der Waals surface area contributed by atoms with Gasteiger partial charge in [0.2, 0.25) is 21.8 Å². The second-order valence-corrected chi connectivity index (χ2v) is 9.86. The number of fused-ring (bicyclic) bond motifs is 1. The molecule has 2 amide bonds. The summed E-state index contributed by atoms with van der Waals surface area (Å²) in [6.45, 7) is 0.297. The lowest BCUT2D eigenvalue weighted by molar-refractivity contribution is -0.122. The molecule has 1 atom stereocenters. The monoisotopic (exact) mass is 437 g/mol. The number of benzene rings is 3. The number of rotatable bonds is 5. The van der Waals surface area contributed by atoms with Gasteiger partial charge in [0.25, 0.3) is 0 Å². The summed E-state index contributed by atoms with van der Waals surface area (Å²) in [5.41, 5.74) is 1.29. The Bertz CT molecular complexity index is 1250. The van der Waals surface area contributed by atoms with E-state index in [-0.39, 0.29) is 23.1 Å². The van der Waals surface area contributed by atoms with Crippen LogP contribution in [0.4, 0.5) is 11.4 Å². The van der Waals surface area contributed by atoms with Gasteiger partial charge in [-0.05, 0) is 35.7 Å². The van der Waals surface area contributed by atoms with Crippen LogP contribution in [0.15, 0.2) is 71.6 Å². The second-order valence-electron chi connectivity index (χ2n) is 7.70. The number of sulfonamides is 1. The first kappa shape index (κ1) is 21.0. The van der Waals surface area contributed by atoms with Crippen LogP contribution in [0.2, 0.25) is 0 Å². The smallest absolute Gasteiger partial charge is 0.242 e. The quantitative estimate of drug-likeness (QED) is 0.665. The van der Waals surface area contributed by atoms with E-state index in [0.29, 0.717) is 12.2 Å². The van der Waals surface area contributed by atoms with Crippen LogP contribution in [0.1, 0.15) is 6.42 Å². The molecule has 0 aromatic heterocycles. The van der Waals surface area contributed by atoms with Crippen LogP contribution in [0, 0.1) is 5.92 Å². The highest BCUT2D eigenvalue weighted by atomic mass is 32.2. The normalized spacial score (nSPS) is 16.8. The topological polar surface area (TPSA) is 86.8 Å². The summed E-state index contributed by atoms with van der Waals surface area (Å²) in [7, 11) is -0.607. The molecule has 0 saturated carbocycles. The minimum absolute atomic E-state index is 0.0936. The van der Waals surface area contributed by atoms with Crippen molar-refractivity contribution in [1.82, 2.24) is 4.31 Å². The minimum atomic E-state index is -3.53. The molecule has 1 aliphatic rings. The SMILES string of the molecule is CN(C)S(=O)(=O)c1ccc(NC(=O)C2CC(=O)N(c3cccc4ccccc34)C2)cc1. The molecule has 1 N–H and O–H groups in total. The third-order valence-electron chi connectivity index (χ3n) is 5.45. The van der Waals surface area contributed by atoms with Gasteiger partial charge in [-0.1, -0.05) is 36.4 Å². The molecular weight excluding hydrogens is 414 g/mol. The van der Waals surface area contributed by atoms with Crippen LogP contribution in [-0.4, -0.2) is 45.2 Å². The number of amides is 2. The highest BCUT2D eigenvalue weighted by Gasteiger charge is 2.35. The molecule has 1 fully saturated rings. The summed E-state index contributed by atoms with van der Waals surface area (Å²) < 4.78 is 25.5. The summed E-state index contributed by atoms with van der Waals surface area (Å²) in [5, 5.41) is 4.80. The fourth-order valence-electron chi connectivity index (χ4n) is 3.73. The molecule has 3 aromatic rings. The first-order valence-corrected chi connectivity index (χ1v) is 11.3. The third-order valence-corrected chi connectivity index (χ3v) is 7.28. The third kappa shape index (κ3) is 4.04. The zero-order valence-electron chi connectivity index (χ0n) is 17.3. The molecule has 0 aliphatic carbocycles. The van der Waals surface area contributed by atoms with Crippen molar-refractivity contribution in [1.29, 1.82) is 0 Å². The molecule has 8 heteroatoms. The van der Waals surface area contributed by atoms with Gasteiger partial charge in [0.05, 0.1) is 16.5 Å². The molecular formula is C23H23N3O4S. The van der Waals surface area contributed by atoms with Gasteiger partial charge in [-0.3, -0.25) is 9.59 Å². The Labute approximate surface area is 181 Å². The lowest BCUT2D eigenvalue weighted by Crippen LogP contribution is -2.28. The standard InChI is InChI=1S/C23H23N3O4S/c1-25(2)31(29,30)19-12-10-18(11-13-19)24-23(28)17-14-22(27)26(15-17)21-9-5-7-16-6-3-4-8-20(16)21/h3-13,17H,14-15H2,1-2H3,(H,24,28). The Kier molecular flexibility index (Phi) is 5.51. The maximum absolute atomic E-state index is 12.8. The molecule has 1 aliphatic heterocycles. The van der Waals surface area contributed by atoms with Gasteiger partial charge in [-0.25, -0.2) is 12.7 Å². The van der Waals surface area contributed by atoms with E-state index in [1.165, 1.54) is 26.2 Å². The summed E-state index contributed by atoms with van der Waals surface area (Å²) in [6.07, 6.45) is 0.127. The molecule has 7 nitrogen and oxygen atoms in total. The number of nitrogens with zero attached hydrogens (tertiary/aromatic N) is 2. The predicted molar refractivity (Wildman–Crippen MR) is 120 cm³/mol. The number of anilines is 2. The van der Waals surface area contributed by atoms with Crippen LogP contribution >= 0.6 is 0 Å². The highest BCUT2D eigenvalue weighted by Crippen LogP contribution is 2.32. The van der Waals surface area contributed by atoms with Gasteiger partial charge >= 0.3 is 0 Å². The molecule has 4 rings (SSSR count). The number of carbonyl (C=O) groups is 2. The fraction of sp³-hybridized carbons (Fsp3) is 0.217. The average Bonchev–Trinajstić information content (AvgIpc) is 3.15. The van der Waals surface area contributed by atoms with Gasteiger partial charge in [0.15, 0.2) is 0 Å². The van der Waals surface area contributed by atoms with Crippen LogP contribution in [0.25, 0.3) is 10.8 Å². The largest absolute Gasteiger partial charge is 0.326 e. The summed E-state index contributed by atoms with van der Waals surface area (Å²) in [6, 6.07) is 19.6. The number of hydrogen-bond acceptors (Lipinski definition) is 4. The van der Waals surface area contributed by atoms with Crippen molar-refractivity contribution in [2.75, 3.05) is 30.9 Å². The Morgan fingerprint density at radius 3 is 2.39 bits per heavy atom. The van der Waals surface area contributed by atoms with Crippen molar-refractivity contribution in [2.45, 2.75) is 11.3 Å². The van der Waals surface area contributed by atoms with Crippen LogP contribution < -0.4 is 10.2 Å². The lowest BCUT2D eigenvalue weighted by Gasteiger charge is -2.19. The Hall–Kier alpha value is -3.23. The summed E-state index contributed by atoms with van der Waals surface area (Å²) >= 11 is 0. The molecule has 0 bridgehead atoms. The maximum Gasteiger partial charge on any atom is 0.242 e. The van der Waals surface area contributed by atoms with Crippen LogP contribution in [-0.2, 0) is 19.6 Å². The first-order valence-electron chi connectivity index (χ1n) is 9.89. The molecule has 1 saturated heterocycles.